The minimum Gasteiger partial charge on any atom is -0.507 e. The molecular weight excluding hydrogens is 794 g/mol. The molecule has 3 heterocycles. The van der Waals surface area contributed by atoms with Gasteiger partial charge in [-0.3, -0.25) is 19.2 Å². The van der Waals surface area contributed by atoms with Crippen LogP contribution in [-0.4, -0.2) is 137 Å². The van der Waals surface area contributed by atoms with Crippen LogP contribution in [0.1, 0.15) is 121 Å². The van der Waals surface area contributed by atoms with E-state index < -0.39 is 102 Å². The van der Waals surface area contributed by atoms with Crippen LogP contribution in [0.5, 0.6) is 11.5 Å². The second-order valence-corrected chi connectivity index (χ2v) is 16.3. The Morgan fingerprint density at radius 1 is 0.898 bits per heavy atom. The zero-order valence-corrected chi connectivity index (χ0v) is 34.9. The Morgan fingerprint density at radius 2 is 1.56 bits per heavy atom. The second-order valence-electron chi connectivity index (χ2n) is 16.3. The van der Waals surface area contributed by atoms with Crippen molar-refractivity contribution in [1.82, 2.24) is 4.90 Å². The van der Waals surface area contributed by atoms with E-state index in [-0.39, 0.29) is 83.3 Å². The van der Waals surface area contributed by atoms with Crippen LogP contribution in [-0.2, 0) is 42.7 Å². The highest BCUT2D eigenvalue weighted by Crippen LogP contribution is 2.54. The number of ketones is 3. The smallest absolute Gasteiger partial charge is 0.316 e. The number of hydrogen-bond acceptors (Lipinski definition) is 16. The van der Waals surface area contributed by atoms with Crippen molar-refractivity contribution in [1.29, 1.82) is 0 Å². The number of phenolic OH excluding ortho intramolecular Hbond substituents is 2. The van der Waals surface area contributed by atoms with Gasteiger partial charge in [-0.05, 0) is 59.0 Å². The number of carbonyl (C=O) groups excluding carboxylic acids is 4. The molecule has 5 aliphatic rings. The quantitative estimate of drug-likeness (QED) is 0.226. The van der Waals surface area contributed by atoms with E-state index in [1.54, 1.807) is 27.7 Å². The Hall–Kier alpha value is -3.55. The fourth-order valence-corrected chi connectivity index (χ4v) is 9.27. The van der Waals surface area contributed by atoms with Gasteiger partial charge in [0.05, 0.1) is 48.3 Å². The normalized spacial score (nSPS) is 35.7. The van der Waals surface area contributed by atoms with E-state index in [1.165, 1.54) is 31.4 Å². The van der Waals surface area contributed by atoms with Gasteiger partial charge in [-0.1, -0.05) is 19.1 Å². The second kappa shape index (κ2) is 17.4. The number of aliphatic hydroxyl groups is 2. The Labute approximate surface area is 348 Å². The maximum Gasteiger partial charge on any atom is 0.316 e. The largest absolute Gasteiger partial charge is 0.507 e. The summed E-state index contributed by atoms with van der Waals surface area (Å²) in [6.07, 6.45) is -6.64. The van der Waals surface area contributed by atoms with Gasteiger partial charge in [-0.15, -0.1) is 12.4 Å². The zero-order valence-electron chi connectivity index (χ0n) is 34.1. The van der Waals surface area contributed by atoms with Gasteiger partial charge in [0.1, 0.15) is 35.7 Å². The number of phenols is 2. The number of methoxy groups -OCH3 is 1. The summed E-state index contributed by atoms with van der Waals surface area (Å²) in [5.74, 6) is -4.59. The first-order valence-electron chi connectivity index (χ1n) is 19.9. The predicted octanol–water partition coefficient (Wildman–Crippen LogP) is 3.58. The van der Waals surface area contributed by atoms with Crippen LogP contribution in [0.3, 0.4) is 0 Å². The van der Waals surface area contributed by atoms with E-state index in [4.69, 9.17) is 33.2 Å². The van der Waals surface area contributed by atoms with Crippen molar-refractivity contribution in [2.75, 3.05) is 21.2 Å². The van der Waals surface area contributed by atoms with Crippen LogP contribution < -0.4 is 0 Å². The fraction of sp³-hybridized carbons (Fsp3) is 0.619. The Kier molecular flexibility index (Phi) is 13.3. The molecule has 59 heavy (non-hydrogen) atoms. The van der Waals surface area contributed by atoms with Gasteiger partial charge in [-0.25, -0.2) is 0 Å². The number of ether oxygens (including phenoxy) is 7. The number of hydrogen-bond donors (Lipinski definition) is 4. The van der Waals surface area contributed by atoms with Crippen LogP contribution in [0.15, 0.2) is 24.3 Å². The van der Waals surface area contributed by atoms with Crippen LogP contribution in [0.25, 0.3) is 0 Å². The molecule has 13 atom stereocenters. The number of carbonyl (C=O) groups is 4. The molecule has 2 aromatic carbocycles. The van der Waals surface area contributed by atoms with E-state index in [1.807, 2.05) is 19.0 Å². The maximum absolute atomic E-state index is 13.9. The predicted molar refractivity (Wildman–Crippen MR) is 208 cm³/mol. The van der Waals surface area contributed by atoms with Crippen LogP contribution in [0.2, 0.25) is 0 Å². The van der Waals surface area contributed by atoms with Gasteiger partial charge >= 0.3 is 5.97 Å². The minimum absolute atomic E-state index is 0. The first kappa shape index (κ1) is 45.0. The number of likely N-dealkylation sites (N-methyl/N-ethyl adjacent to an activating group) is 1. The van der Waals surface area contributed by atoms with E-state index in [0.717, 1.165) is 0 Å². The summed E-state index contributed by atoms with van der Waals surface area (Å²) in [7, 11) is 4.91. The number of rotatable bonds is 9. The van der Waals surface area contributed by atoms with E-state index in [2.05, 4.69) is 0 Å². The Morgan fingerprint density at radius 3 is 2.19 bits per heavy atom. The number of esters is 1. The SMILES string of the molecule is CC[C@@]1(O)C[C@H](O[C@H]2CC(N(C)C)[C@H](O[C@H]3C[C@H](O)[C@H](O[C@H]4CCC(=O)[C@H](C)O4)[C@H](C)O3)[C@H](C)O2)c2c(cc3c(c2O)C(=O)c2c(O)cccc2C3=O)[C@H]1C(=O)OC.Cl. The number of nitrogens with zero attached hydrogens (tertiary/aromatic N) is 1. The third-order valence-electron chi connectivity index (χ3n) is 12.4. The number of aromatic hydroxyl groups is 2. The molecule has 324 valence electrons. The molecule has 2 aromatic rings. The van der Waals surface area contributed by atoms with Gasteiger partial charge in [0.25, 0.3) is 0 Å². The third kappa shape index (κ3) is 8.16. The van der Waals surface area contributed by atoms with E-state index >= 15 is 0 Å². The molecular formula is C42H54ClNO15. The number of halogens is 1. The molecule has 7 rings (SSSR count). The van der Waals surface area contributed by atoms with Crippen LogP contribution in [0, 0.1) is 0 Å². The summed E-state index contributed by atoms with van der Waals surface area (Å²) in [5, 5.41) is 45.9. The molecule has 0 amide bonds. The van der Waals surface area contributed by atoms with Crippen molar-refractivity contribution in [3.05, 3.63) is 57.6 Å². The number of aliphatic hydroxyl groups excluding tert-OH is 1. The van der Waals surface area contributed by atoms with Crippen LogP contribution >= 0.6 is 12.4 Å². The highest BCUT2D eigenvalue weighted by molar-refractivity contribution is 6.30. The molecule has 2 aliphatic carbocycles. The minimum atomic E-state index is -1.76. The highest BCUT2D eigenvalue weighted by Gasteiger charge is 2.53. The maximum atomic E-state index is 13.9. The molecule has 3 saturated heterocycles. The van der Waals surface area contributed by atoms with Gasteiger partial charge < -0.3 is 58.5 Å². The summed E-state index contributed by atoms with van der Waals surface area (Å²) in [6.45, 7) is 6.95. The van der Waals surface area contributed by atoms with Crippen molar-refractivity contribution < 1.29 is 72.8 Å². The highest BCUT2D eigenvalue weighted by atomic mass is 35.5. The molecule has 4 N–H and O–H groups in total. The molecule has 0 spiro atoms. The average Bonchev–Trinajstić information content (AvgIpc) is 3.17. The molecule has 0 radical (unpaired) electrons. The summed E-state index contributed by atoms with van der Waals surface area (Å²) < 4.78 is 42.6. The van der Waals surface area contributed by atoms with Gasteiger partial charge in [-0.2, -0.15) is 0 Å². The van der Waals surface area contributed by atoms with Crippen molar-refractivity contribution in [2.24, 2.45) is 0 Å². The Balaban J connectivity index is 0.00000585. The first-order chi connectivity index (χ1) is 27.5. The lowest BCUT2D eigenvalue weighted by molar-refractivity contribution is -0.324. The summed E-state index contributed by atoms with van der Waals surface area (Å²) in [4.78, 5) is 55.0. The lowest BCUT2D eigenvalue weighted by atomic mass is 9.67. The molecule has 1 unspecified atom stereocenters. The van der Waals surface area contributed by atoms with Crippen LogP contribution in [0.4, 0.5) is 0 Å². The zero-order chi connectivity index (χ0) is 42.0. The monoisotopic (exact) mass is 847 g/mol. The molecule has 0 aromatic heterocycles. The first-order valence-corrected chi connectivity index (χ1v) is 19.9. The lowest BCUT2D eigenvalue weighted by Gasteiger charge is -2.48. The molecule has 0 bridgehead atoms. The number of fused-ring (bicyclic) bond motifs is 3. The van der Waals surface area contributed by atoms with Crippen molar-refractivity contribution >= 4 is 35.7 Å². The van der Waals surface area contributed by atoms with Gasteiger partial charge in [0, 0.05) is 54.8 Å². The van der Waals surface area contributed by atoms with E-state index in [0.29, 0.717) is 12.8 Å². The van der Waals surface area contributed by atoms with Crippen molar-refractivity contribution in [2.45, 2.75) is 145 Å². The topological polar surface area (TPSA) is 217 Å². The standard InChI is InChI=1S/C42H53NO15.ClH/c1-8-42(51)17-28(33-22(35(42)41(50)52-7)14-23-34(38(33)49)37(48)32-21(36(23)47)10-9-11-26(32)45)56-30-15-24(43(5)6)39(19(3)54-30)58-31-16-27(46)40(20(4)55-31)57-29-13-12-25(44)18(2)53-29;/h9-11,14,18-20,24,27-31,35,39-40,45-46,49,51H,8,12-13,15-17H2,1-7H3;1H/t18-,19-,20-,24?,27-,28-,29-,30-,31-,35-,39+,40+,42+;/m0./s1. The Bertz CT molecular complexity index is 1950. The molecule has 17 heteroatoms. The fourth-order valence-electron chi connectivity index (χ4n) is 9.27. The van der Waals surface area contributed by atoms with Crippen molar-refractivity contribution in [3.63, 3.8) is 0 Å². The summed E-state index contributed by atoms with van der Waals surface area (Å²) in [6, 6.07) is 5.11. The molecule has 3 aliphatic heterocycles. The molecule has 3 fully saturated rings. The number of benzene rings is 2. The number of Topliss-reactive ketones (excluding diaryl/α,β-unsaturated/α-hetero) is 1. The molecule has 16 nitrogen and oxygen atoms in total. The summed E-state index contributed by atoms with van der Waals surface area (Å²) in [5.41, 5.74) is -2.49. The lowest BCUT2D eigenvalue weighted by Crippen LogP contribution is -2.58. The molecule has 0 saturated carbocycles. The summed E-state index contributed by atoms with van der Waals surface area (Å²) >= 11 is 0. The third-order valence-corrected chi connectivity index (χ3v) is 12.4. The van der Waals surface area contributed by atoms with E-state index in [9.17, 15) is 39.6 Å². The van der Waals surface area contributed by atoms with Crippen molar-refractivity contribution in [3.8, 4) is 11.5 Å². The van der Waals surface area contributed by atoms with Gasteiger partial charge in [0.2, 0.25) is 5.78 Å². The average molecular weight is 848 g/mol. The van der Waals surface area contributed by atoms with Gasteiger partial charge in [0.15, 0.2) is 30.4 Å².